The minimum absolute atomic E-state index is 0.194. The molecule has 0 bridgehead atoms. The van der Waals surface area contributed by atoms with Crippen LogP contribution in [-0.4, -0.2) is 38.5 Å². The van der Waals surface area contributed by atoms with Crippen molar-refractivity contribution in [2.45, 2.75) is 52.6 Å². The second kappa shape index (κ2) is 10.7. The molecule has 2 unspecified atom stereocenters. The first kappa shape index (κ1) is 19.1. The van der Waals surface area contributed by atoms with Gasteiger partial charge in [0.05, 0.1) is 13.2 Å². The first-order chi connectivity index (χ1) is 10.6. The Hall–Kier alpha value is -0.940. The summed E-state index contributed by atoms with van der Waals surface area (Å²) in [4.78, 5) is 0. The van der Waals surface area contributed by atoms with Gasteiger partial charge in [-0.2, -0.15) is 0 Å². The lowest BCUT2D eigenvalue weighted by molar-refractivity contribution is -0.238. The van der Waals surface area contributed by atoms with Crippen LogP contribution in [0.5, 0.6) is 0 Å². The molecule has 0 saturated carbocycles. The van der Waals surface area contributed by atoms with Gasteiger partial charge >= 0.3 is 0 Å². The van der Waals surface area contributed by atoms with Gasteiger partial charge in [-0.25, -0.2) is 0 Å². The summed E-state index contributed by atoms with van der Waals surface area (Å²) in [6.45, 7) is 10.2. The van der Waals surface area contributed by atoms with Gasteiger partial charge in [0.25, 0.3) is 0 Å². The van der Waals surface area contributed by atoms with Crippen molar-refractivity contribution in [1.82, 2.24) is 0 Å². The number of benzene rings is 1. The van der Waals surface area contributed by atoms with Gasteiger partial charge in [-0.05, 0) is 39.7 Å². The predicted octanol–water partition coefficient (Wildman–Crippen LogP) is 3.79. The van der Waals surface area contributed by atoms with Gasteiger partial charge in [-0.3, -0.25) is 0 Å². The van der Waals surface area contributed by atoms with E-state index in [-0.39, 0.29) is 6.29 Å². The zero-order chi connectivity index (χ0) is 16.3. The molecule has 0 heterocycles. The smallest absolute Gasteiger partial charge is 0.167 e. The maximum Gasteiger partial charge on any atom is 0.167 e. The summed E-state index contributed by atoms with van der Waals surface area (Å²) in [6, 6.07) is 10.3. The van der Waals surface area contributed by atoms with Gasteiger partial charge in [-0.1, -0.05) is 30.3 Å². The van der Waals surface area contributed by atoms with Crippen molar-refractivity contribution in [3.8, 4) is 0 Å². The van der Waals surface area contributed by atoms with Gasteiger partial charge in [0, 0.05) is 19.6 Å². The highest BCUT2D eigenvalue weighted by molar-refractivity contribution is 5.14. The van der Waals surface area contributed by atoms with Gasteiger partial charge in [0.15, 0.2) is 12.1 Å². The lowest BCUT2D eigenvalue weighted by atomic mass is 10.1. The standard InChI is InChI=1S/C18H30O4/c1-5-19-16(3)20-15-13-18(4,21-6-2)22-14-12-17-10-8-7-9-11-17/h7-11,16H,5-6,12-15H2,1-4H3. The Morgan fingerprint density at radius 2 is 1.68 bits per heavy atom. The molecule has 0 aliphatic heterocycles. The van der Waals surface area contributed by atoms with Gasteiger partial charge in [0.1, 0.15) is 0 Å². The van der Waals surface area contributed by atoms with Crippen molar-refractivity contribution in [1.29, 1.82) is 0 Å². The Bertz CT molecular complexity index is 382. The van der Waals surface area contributed by atoms with Crippen LogP contribution in [0.15, 0.2) is 30.3 Å². The van der Waals surface area contributed by atoms with Crippen LogP contribution >= 0.6 is 0 Å². The molecule has 0 fully saturated rings. The Balaban J connectivity index is 2.34. The van der Waals surface area contributed by atoms with Crippen molar-refractivity contribution in [3.05, 3.63) is 35.9 Å². The largest absolute Gasteiger partial charge is 0.353 e. The molecule has 1 aromatic carbocycles. The molecule has 0 aliphatic rings. The Morgan fingerprint density at radius 3 is 2.32 bits per heavy atom. The van der Waals surface area contributed by atoms with Crippen LogP contribution in [0.3, 0.4) is 0 Å². The Morgan fingerprint density at radius 1 is 0.955 bits per heavy atom. The van der Waals surface area contributed by atoms with Crippen LogP contribution in [0.25, 0.3) is 0 Å². The van der Waals surface area contributed by atoms with E-state index in [1.54, 1.807) is 0 Å². The summed E-state index contributed by atoms with van der Waals surface area (Å²) in [6.07, 6.45) is 1.35. The fourth-order valence-electron chi connectivity index (χ4n) is 2.21. The zero-order valence-corrected chi connectivity index (χ0v) is 14.3. The summed E-state index contributed by atoms with van der Waals surface area (Å²) in [5.74, 6) is -0.616. The summed E-state index contributed by atoms with van der Waals surface area (Å²) in [5.41, 5.74) is 1.27. The molecule has 0 saturated heterocycles. The molecule has 4 nitrogen and oxygen atoms in total. The summed E-state index contributed by atoms with van der Waals surface area (Å²) in [5, 5.41) is 0. The van der Waals surface area contributed by atoms with E-state index in [1.165, 1.54) is 5.56 Å². The average molecular weight is 310 g/mol. The van der Waals surface area contributed by atoms with Crippen LogP contribution in [-0.2, 0) is 25.4 Å². The molecule has 0 amide bonds. The molecule has 126 valence electrons. The molecule has 0 N–H and O–H groups in total. The minimum atomic E-state index is -0.616. The van der Waals surface area contributed by atoms with Crippen molar-refractivity contribution in [3.63, 3.8) is 0 Å². The van der Waals surface area contributed by atoms with Crippen molar-refractivity contribution in [2.75, 3.05) is 26.4 Å². The first-order valence-corrected chi connectivity index (χ1v) is 8.14. The number of rotatable bonds is 12. The molecule has 1 rings (SSSR count). The molecule has 1 aromatic rings. The third kappa shape index (κ3) is 7.90. The molecular formula is C18H30O4. The van der Waals surface area contributed by atoms with Crippen LogP contribution in [0.1, 0.15) is 39.7 Å². The van der Waals surface area contributed by atoms with E-state index in [9.17, 15) is 0 Å². The Kier molecular flexibility index (Phi) is 9.32. The molecule has 0 spiro atoms. The molecular weight excluding hydrogens is 280 g/mol. The lowest BCUT2D eigenvalue weighted by Crippen LogP contribution is -2.35. The number of hydrogen-bond donors (Lipinski definition) is 0. The van der Waals surface area contributed by atoms with Crippen LogP contribution in [0.4, 0.5) is 0 Å². The van der Waals surface area contributed by atoms with Crippen molar-refractivity contribution in [2.24, 2.45) is 0 Å². The highest BCUT2D eigenvalue weighted by atomic mass is 16.7. The zero-order valence-electron chi connectivity index (χ0n) is 14.3. The maximum absolute atomic E-state index is 5.97. The molecule has 0 aromatic heterocycles. The third-order valence-electron chi connectivity index (χ3n) is 3.40. The lowest BCUT2D eigenvalue weighted by Gasteiger charge is -2.30. The van der Waals surface area contributed by atoms with Crippen LogP contribution in [0.2, 0.25) is 0 Å². The van der Waals surface area contributed by atoms with Crippen LogP contribution in [0, 0.1) is 0 Å². The summed E-state index contributed by atoms with van der Waals surface area (Å²) < 4.78 is 22.7. The van der Waals surface area contributed by atoms with E-state index in [0.29, 0.717) is 32.8 Å². The fourth-order valence-corrected chi connectivity index (χ4v) is 2.21. The minimum Gasteiger partial charge on any atom is -0.353 e. The highest BCUT2D eigenvalue weighted by Gasteiger charge is 2.25. The molecule has 0 aliphatic carbocycles. The van der Waals surface area contributed by atoms with Gasteiger partial charge < -0.3 is 18.9 Å². The topological polar surface area (TPSA) is 36.9 Å². The van der Waals surface area contributed by atoms with E-state index in [0.717, 1.165) is 6.42 Å². The van der Waals surface area contributed by atoms with E-state index >= 15 is 0 Å². The summed E-state index contributed by atoms with van der Waals surface area (Å²) in [7, 11) is 0. The second-order valence-corrected chi connectivity index (χ2v) is 5.29. The number of ether oxygens (including phenoxy) is 4. The first-order valence-electron chi connectivity index (χ1n) is 8.14. The number of hydrogen-bond acceptors (Lipinski definition) is 4. The molecule has 2 atom stereocenters. The Labute approximate surface area is 134 Å². The van der Waals surface area contributed by atoms with E-state index < -0.39 is 5.79 Å². The van der Waals surface area contributed by atoms with Gasteiger partial charge in [0.2, 0.25) is 0 Å². The van der Waals surface area contributed by atoms with Gasteiger partial charge in [-0.15, -0.1) is 0 Å². The molecule has 22 heavy (non-hydrogen) atoms. The maximum atomic E-state index is 5.97. The second-order valence-electron chi connectivity index (χ2n) is 5.29. The predicted molar refractivity (Wildman–Crippen MR) is 87.8 cm³/mol. The van der Waals surface area contributed by atoms with E-state index in [4.69, 9.17) is 18.9 Å². The van der Waals surface area contributed by atoms with Crippen molar-refractivity contribution < 1.29 is 18.9 Å². The van der Waals surface area contributed by atoms with E-state index in [2.05, 4.69) is 12.1 Å². The van der Waals surface area contributed by atoms with Crippen LogP contribution < -0.4 is 0 Å². The fraction of sp³-hybridized carbons (Fsp3) is 0.667. The molecule has 0 radical (unpaired) electrons. The van der Waals surface area contributed by atoms with Crippen molar-refractivity contribution >= 4 is 0 Å². The third-order valence-corrected chi connectivity index (χ3v) is 3.40. The molecule has 4 heteroatoms. The SMILES string of the molecule is CCOC(C)OCCC(C)(OCC)OCCc1ccccc1. The highest BCUT2D eigenvalue weighted by Crippen LogP contribution is 2.18. The normalized spacial score (nSPS) is 15.5. The monoisotopic (exact) mass is 310 g/mol. The summed E-state index contributed by atoms with van der Waals surface area (Å²) >= 11 is 0. The average Bonchev–Trinajstić information content (AvgIpc) is 2.49. The quantitative estimate of drug-likeness (QED) is 0.550. The van der Waals surface area contributed by atoms with E-state index in [1.807, 2.05) is 45.9 Å².